The minimum atomic E-state index is -0.422. The van der Waals surface area contributed by atoms with E-state index in [1.165, 1.54) is 34.8 Å². The highest BCUT2D eigenvalue weighted by molar-refractivity contribution is 7.17. The van der Waals surface area contributed by atoms with Crippen LogP contribution in [0, 0.1) is 0 Å². The second-order valence-corrected chi connectivity index (χ2v) is 10.7. The number of allylic oxidation sites excluding steroid dienone is 2. The van der Waals surface area contributed by atoms with Crippen molar-refractivity contribution in [1.82, 2.24) is 0 Å². The van der Waals surface area contributed by atoms with Crippen LogP contribution in [0.1, 0.15) is 51.2 Å². The smallest absolute Gasteiger partial charge is 0.197 e. The SMILES string of the molecule is CN(C)c1ccc(C=C2C(=O)c3cc4c(cc3C2=O)C(=O)C(=Cc2ccc(N(C)C)s2)C4=O)s1. The Labute approximate surface area is 204 Å². The van der Waals surface area contributed by atoms with Crippen LogP contribution in [0.4, 0.5) is 10.0 Å². The van der Waals surface area contributed by atoms with Crippen LogP contribution in [0.3, 0.4) is 0 Å². The van der Waals surface area contributed by atoms with Crippen molar-refractivity contribution in [2.45, 2.75) is 0 Å². The number of carbonyl (C=O) groups is 4. The van der Waals surface area contributed by atoms with Crippen LogP contribution in [0.2, 0.25) is 0 Å². The average Bonchev–Trinajstić information content (AvgIpc) is 3.55. The summed E-state index contributed by atoms with van der Waals surface area (Å²) in [5.41, 5.74) is 0.800. The van der Waals surface area contributed by atoms with Crippen molar-refractivity contribution >= 4 is 68.0 Å². The van der Waals surface area contributed by atoms with Gasteiger partial charge in [-0.3, -0.25) is 19.2 Å². The third-order valence-corrected chi connectivity index (χ3v) is 8.19. The number of rotatable bonds is 4. The van der Waals surface area contributed by atoms with E-state index in [0.717, 1.165) is 19.8 Å². The fourth-order valence-electron chi connectivity index (χ4n) is 4.00. The zero-order valence-corrected chi connectivity index (χ0v) is 20.6. The topological polar surface area (TPSA) is 74.8 Å². The van der Waals surface area contributed by atoms with Gasteiger partial charge in [-0.25, -0.2) is 0 Å². The molecule has 0 atom stereocenters. The van der Waals surface area contributed by atoms with Crippen LogP contribution in [0.15, 0.2) is 47.5 Å². The molecule has 2 aliphatic carbocycles. The molecule has 0 radical (unpaired) electrons. The molecule has 2 heterocycles. The molecule has 0 amide bonds. The first kappa shape index (κ1) is 22.2. The zero-order valence-electron chi connectivity index (χ0n) is 19.0. The van der Waals surface area contributed by atoms with Gasteiger partial charge >= 0.3 is 0 Å². The number of hydrogen-bond acceptors (Lipinski definition) is 8. The van der Waals surface area contributed by atoms with Gasteiger partial charge in [0, 0.05) is 60.2 Å². The van der Waals surface area contributed by atoms with Gasteiger partial charge in [-0.2, -0.15) is 0 Å². The lowest BCUT2D eigenvalue weighted by Gasteiger charge is -2.06. The second-order valence-electron chi connectivity index (χ2n) is 8.52. The summed E-state index contributed by atoms with van der Waals surface area (Å²) in [4.78, 5) is 57.7. The van der Waals surface area contributed by atoms with Crippen molar-refractivity contribution < 1.29 is 19.2 Å². The average molecular weight is 489 g/mol. The number of Topliss-reactive ketones (excluding diaryl/α,β-unsaturated/α-hetero) is 4. The Morgan fingerprint density at radius 2 is 0.882 bits per heavy atom. The molecule has 0 N–H and O–H groups in total. The molecule has 2 aromatic heterocycles. The number of thiophene rings is 2. The van der Waals surface area contributed by atoms with Gasteiger partial charge in [-0.05, 0) is 48.6 Å². The number of carbonyl (C=O) groups excluding carboxylic acids is 4. The molecule has 2 aliphatic rings. The van der Waals surface area contributed by atoms with Gasteiger partial charge < -0.3 is 9.80 Å². The lowest BCUT2D eigenvalue weighted by Crippen LogP contribution is -2.05. The summed E-state index contributed by atoms with van der Waals surface area (Å²) >= 11 is 2.93. The largest absolute Gasteiger partial charge is 0.370 e. The minimum Gasteiger partial charge on any atom is -0.370 e. The van der Waals surface area contributed by atoms with Crippen molar-refractivity contribution in [3.63, 3.8) is 0 Å². The molecule has 0 bridgehead atoms. The molecule has 0 spiro atoms. The quantitative estimate of drug-likeness (QED) is 0.385. The van der Waals surface area contributed by atoms with Gasteiger partial charge in [0.25, 0.3) is 0 Å². The van der Waals surface area contributed by atoms with Crippen LogP contribution < -0.4 is 9.80 Å². The fourth-order valence-corrected chi connectivity index (χ4v) is 5.75. The summed E-state index contributed by atoms with van der Waals surface area (Å²) in [6.07, 6.45) is 3.17. The maximum absolute atomic E-state index is 13.1. The molecule has 5 rings (SSSR count). The van der Waals surface area contributed by atoms with Crippen LogP contribution in [0.25, 0.3) is 12.2 Å². The van der Waals surface area contributed by atoms with E-state index in [0.29, 0.717) is 0 Å². The molecule has 1 aromatic carbocycles. The van der Waals surface area contributed by atoms with Crippen LogP contribution >= 0.6 is 22.7 Å². The molecule has 3 aromatic rings. The summed E-state index contributed by atoms with van der Waals surface area (Å²) in [5, 5.41) is 2.00. The van der Waals surface area contributed by atoms with E-state index in [2.05, 4.69) is 0 Å². The highest BCUT2D eigenvalue weighted by Gasteiger charge is 2.40. The van der Waals surface area contributed by atoms with Gasteiger partial charge in [0.1, 0.15) is 0 Å². The van der Waals surface area contributed by atoms with Gasteiger partial charge in [0.15, 0.2) is 23.1 Å². The van der Waals surface area contributed by atoms with E-state index in [1.807, 2.05) is 62.3 Å². The number of nitrogens with zero attached hydrogens (tertiary/aromatic N) is 2. The molecule has 0 saturated heterocycles. The Hall–Kier alpha value is -3.62. The summed E-state index contributed by atoms with van der Waals surface area (Å²) < 4.78 is 0. The summed E-state index contributed by atoms with van der Waals surface area (Å²) in [5.74, 6) is -1.69. The van der Waals surface area contributed by atoms with Crippen LogP contribution in [-0.4, -0.2) is 51.3 Å². The molecule has 0 saturated carbocycles. The number of ketones is 4. The molecule has 170 valence electrons. The van der Waals surface area contributed by atoms with Gasteiger partial charge in [0.2, 0.25) is 0 Å². The van der Waals surface area contributed by atoms with E-state index >= 15 is 0 Å². The van der Waals surface area contributed by atoms with E-state index in [-0.39, 0.29) is 33.4 Å². The van der Waals surface area contributed by atoms with Gasteiger partial charge in [-0.1, -0.05) is 0 Å². The molecular weight excluding hydrogens is 468 g/mol. The molecule has 0 aliphatic heterocycles. The van der Waals surface area contributed by atoms with E-state index in [4.69, 9.17) is 0 Å². The monoisotopic (exact) mass is 488 g/mol. The maximum Gasteiger partial charge on any atom is 0.197 e. The molecule has 8 heteroatoms. The fraction of sp³-hybridized carbons (Fsp3) is 0.154. The zero-order chi connectivity index (χ0) is 24.3. The first-order chi connectivity index (χ1) is 16.2. The van der Waals surface area contributed by atoms with Gasteiger partial charge in [-0.15, -0.1) is 22.7 Å². The molecule has 0 fully saturated rings. The highest BCUT2D eigenvalue weighted by Crippen LogP contribution is 2.37. The second kappa shape index (κ2) is 8.00. The molecular formula is C26H20N2O4S2. The minimum absolute atomic E-state index is 0.0521. The molecule has 34 heavy (non-hydrogen) atoms. The lowest BCUT2D eigenvalue weighted by atomic mass is 10.0. The van der Waals surface area contributed by atoms with Crippen LogP contribution in [-0.2, 0) is 0 Å². The van der Waals surface area contributed by atoms with Gasteiger partial charge in [0.05, 0.1) is 21.1 Å². The normalized spacial score (nSPS) is 14.6. The molecule has 6 nitrogen and oxygen atoms in total. The number of hydrogen-bond donors (Lipinski definition) is 0. The third-order valence-electron chi connectivity index (χ3n) is 5.79. The Bertz CT molecular complexity index is 1320. The predicted octanol–water partition coefficient (Wildman–Crippen LogP) is 4.87. The van der Waals surface area contributed by atoms with Crippen molar-refractivity contribution in [3.8, 4) is 0 Å². The highest BCUT2D eigenvalue weighted by atomic mass is 32.1. The lowest BCUT2D eigenvalue weighted by molar-refractivity contribution is 0.0978. The Morgan fingerprint density at radius 1 is 0.559 bits per heavy atom. The third kappa shape index (κ3) is 3.46. The molecule has 0 unspecified atom stereocenters. The van der Waals surface area contributed by atoms with Crippen molar-refractivity contribution in [3.05, 3.63) is 79.6 Å². The first-order valence-electron chi connectivity index (χ1n) is 10.5. The number of fused-ring (bicyclic) bond motifs is 2. The summed E-state index contributed by atoms with van der Waals surface area (Å²) in [7, 11) is 7.68. The maximum atomic E-state index is 13.1. The van der Waals surface area contributed by atoms with Crippen molar-refractivity contribution in [2.24, 2.45) is 0 Å². The summed E-state index contributed by atoms with van der Waals surface area (Å²) in [6, 6.07) is 10.4. The van der Waals surface area contributed by atoms with Crippen LogP contribution in [0.5, 0.6) is 0 Å². The van der Waals surface area contributed by atoms with Crippen molar-refractivity contribution in [2.75, 3.05) is 38.0 Å². The van der Waals surface area contributed by atoms with E-state index in [1.54, 1.807) is 12.2 Å². The first-order valence-corrected chi connectivity index (χ1v) is 12.1. The predicted molar refractivity (Wildman–Crippen MR) is 137 cm³/mol. The Kier molecular flexibility index (Phi) is 5.22. The standard InChI is InChI=1S/C26H20N2O4S2/c1-27(2)21-7-5-13(33-21)9-19-23(29)15-11-17-18(12-16(15)24(19)30)26(32)20(25(17)31)10-14-6-8-22(34-14)28(3)4/h5-12H,1-4H3. The number of anilines is 2. The van der Waals surface area contributed by atoms with Crippen molar-refractivity contribution in [1.29, 1.82) is 0 Å². The Morgan fingerprint density at radius 3 is 1.15 bits per heavy atom. The van der Waals surface area contributed by atoms with E-state index in [9.17, 15) is 19.2 Å². The Balaban J connectivity index is 1.51. The summed E-state index contributed by atoms with van der Waals surface area (Å²) in [6.45, 7) is 0. The number of benzene rings is 1. The van der Waals surface area contributed by atoms with E-state index < -0.39 is 23.1 Å².